The van der Waals surface area contributed by atoms with Gasteiger partial charge in [0.2, 0.25) is 5.91 Å². The number of hydrogen-bond acceptors (Lipinski definition) is 5. The summed E-state index contributed by atoms with van der Waals surface area (Å²) in [5.41, 5.74) is 2.32. The zero-order valence-corrected chi connectivity index (χ0v) is 17.5. The Hall–Kier alpha value is -2.12. The van der Waals surface area contributed by atoms with E-state index in [1.165, 1.54) is 28.6 Å². The Morgan fingerprint density at radius 2 is 2.04 bits per heavy atom. The second kappa shape index (κ2) is 8.49. The molecular weight excluding hydrogens is 390 g/mol. The molecule has 0 spiro atoms. The van der Waals surface area contributed by atoms with Gasteiger partial charge in [-0.2, -0.15) is 0 Å². The van der Waals surface area contributed by atoms with Crippen molar-refractivity contribution in [2.24, 2.45) is 0 Å². The number of thioether (sulfide) groups is 1. The number of aromatic nitrogens is 2. The fourth-order valence-electron chi connectivity index (χ4n) is 3.59. The summed E-state index contributed by atoms with van der Waals surface area (Å²) in [6.07, 6.45) is 4.35. The fourth-order valence-corrected chi connectivity index (χ4v) is 5.78. The van der Waals surface area contributed by atoms with Gasteiger partial charge in [-0.15, -0.1) is 11.3 Å². The molecule has 2 aromatic heterocycles. The van der Waals surface area contributed by atoms with Crippen LogP contribution in [-0.2, 0) is 30.7 Å². The summed E-state index contributed by atoms with van der Waals surface area (Å²) >= 11 is 2.99. The van der Waals surface area contributed by atoms with Crippen molar-refractivity contribution < 1.29 is 4.79 Å². The highest BCUT2D eigenvalue weighted by atomic mass is 32.2. The lowest BCUT2D eigenvalue weighted by Crippen LogP contribution is -2.26. The number of hydrogen-bond donors (Lipinski definition) is 1. The molecule has 1 aromatic carbocycles. The molecule has 5 nitrogen and oxygen atoms in total. The summed E-state index contributed by atoms with van der Waals surface area (Å²) in [4.78, 5) is 32.2. The largest absolute Gasteiger partial charge is 0.351 e. The van der Waals surface area contributed by atoms with Crippen molar-refractivity contribution in [2.75, 3.05) is 5.75 Å². The highest BCUT2D eigenvalue weighted by Gasteiger charge is 2.22. The van der Waals surface area contributed by atoms with Crippen LogP contribution >= 0.6 is 23.1 Å². The highest BCUT2D eigenvalue weighted by molar-refractivity contribution is 7.99. The Kier molecular flexibility index (Phi) is 5.82. The summed E-state index contributed by atoms with van der Waals surface area (Å²) in [7, 11) is 0. The third-order valence-corrected chi connectivity index (χ3v) is 7.18. The molecule has 0 radical (unpaired) electrons. The predicted octanol–water partition coefficient (Wildman–Crippen LogP) is 3.77. The zero-order chi connectivity index (χ0) is 19.5. The SMILES string of the molecule is CCn1c(SCC(=O)NCc2ccccc2)nc2sc3c(c2c1=O)CCCC3. The van der Waals surface area contributed by atoms with E-state index in [-0.39, 0.29) is 17.2 Å². The van der Waals surface area contributed by atoms with Gasteiger partial charge >= 0.3 is 0 Å². The van der Waals surface area contributed by atoms with Gasteiger partial charge in [-0.25, -0.2) is 4.98 Å². The van der Waals surface area contributed by atoms with Crippen LogP contribution in [0.1, 0.15) is 35.8 Å². The molecule has 4 rings (SSSR count). The van der Waals surface area contributed by atoms with Gasteiger partial charge in [0, 0.05) is 18.0 Å². The standard InChI is InChI=1S/C21H23N3O2S2/c1-2-24-20(26)18-15-10-6-7-11-16(15)28-19(18)23-21(24)27-13-17(25)22-12-14-8-4-3-5-9-14/h3-5,8-9H,2,6-7,10-13H2,1H3,(H,22,25). The van der Waals surface area contributed by atoms with Crippen molar-refractivity contribution in [3.05, 3.63) is 56.7 Å². The Morgan fingerprint density at radius 3 is 2.82 bits per heavy atom. The first-order chi connectivity index (χ1) is 13.7. The topological polar surface area (TPSA) is 64.0 Å². The van der Waals surface area contributed by atoms with Gasteiger partial charge in [-0.3, -0.25) is 14.2 Å². The lowest BCUT2D eigenvalue weighted by Gasteiger charge is -2.12. The van der Waals surface area contributed by atoms with E-state index in [1.54, 1.807) is 15.9 Å². The molecule has 2 heterocycles. The third kappa shape index (κ3) is 3.86. The Balaban J connectivity index is 1.52. The zero-order valence-electron chi connectivity index (χ0n) is 15.9. The van der Waals surface area contributed by atoms with Gasteiger partial charge in [0.05, 0.1) is 11.1 Å². The molecule has 0 aliphatic heterocycles. The Morgan fingerprint density at radius 1 is 1.25 bits per heavy atom. The quantitative estimate of drug-likeness (QED) is 0.494. The molecule has 0 saturated carbocycles. The Labute approximate surface area is 172 Å². The fraction of sp³-hybridized carbons (Fsp3) is 0.381. The summed E-state index contributed by atoms with van der Waals surface area (Å²) in [6, 6.07) is 9.83. The maximum Gasteiger partial charge on any atom is 0.263 e. The first-order valence-corrected chi connectivity index (χ1v) is 11.5. The van der Waals surface area contributed by atoms with Crippen LogP contribution in [0.5, 0.6) is 0 Å². The number of benzene rings is 1. The second-order valence-corrected chi connectivity index (χ2v) is 8.91. The molecule has 0 fully saturated rings. The summed E-state index contributed by atoms with van der Waals surface area (Å²) in [6.45, 7) is 3.01. The minimum absolute atomic E-state index is 0.0408. The minimum atomic E-state index is -0.0590. The molecule has 1 aliphatic rings. The van der Waals surface area contributed by atoms with Gasteiger partial charge in [0.15, 0.2) is 5.16 Å². The number of rotatable bonds is 6. The number of aryl methyl sites for hydroxylation is 2. The van der Waals surface area contributed by atoms with Crippen molar-refractivity contribution in [3.63, 3.8) is 0 Å². The molecule has 0 unspecified atom stereocenters. The molecule has 1 amide bonds. The number of fused-ring (bicyclic) bond motifs is 3. The number of carbonyl (C=O) groups excluding carboxylic acids is 1. The average molecular weight is 414 g/mol. The molecule has 0 atom stereocenters. The molecule has 1 aliphatic carbocycles. The van der Waals surface area contributed by atoms with Crippen LogP contribution in [-0.4, -0.2) is 21.2 Å². The minimum Gasteiger partial charge on any atom is -0.351 e. The summed E-state index contributed by atoms with van der Waals surface area (Å²) < 4.78 is 1.71. The number of thiophene rings is 1. The maximum atomic E-state index is 13.1. The van der Waals surface area contributed by atoms with Gasteiger partial charge in [0.25, 0.3) is 5.56 Å². The van der Waals surface area contributed by atoms with Crippen molar-refractivity contribution in [2.45, 2.75) is 50.9 Å². The molecule has 0 bridgehead atoms. The van der Waals surface area contributed by atoms with E-state index in [0.717, 1.165) is 35.0 Å². The van der Waals surface area contributed by atoms with Crippen LogP contribution in [0.15, 0.2) is 40.3 Å². The summed E-state index contributed by atoms with van der Waals surface area (Å²) in [5.74, 6) is 0.187. The van der Waals surface area contributed by atoms with Gasteiger partial charge in [-0.1, -0.05) is 42.1 Å². The first-order valence-electron chi connectivity index (χ1n) is 9.66. The maximum absolute atomic E-state index is 13.1. The van der Waals surface area contributed by atoms with Gasteiger partial charge in [0.1, 0.15) is 4.83 Å². The van der Waals surface area contributed by atoms with Crippen LogP contribution in [0.2, 0.25) is 0 Å². The van der Waals surface area contributed by atoms with Crippen molar-refractivity contribution in [1.29, 1.82) is 0 Å². The van der Waals surface area contributed by atoms with E-state index in [9.17, 15) is 9.59 Å². The monoisotopic (exact) mass is 413 g/mol. The number of amides is 1. The van der Waals surface area contributed by atoms with Crippen LogP contribution in [0.25, 0.3) is 10.2 Å². The first kappa shape index (κ1) is 19.2. The Bertz CT molecular complexity index is 1060. The third-order valence-electron chi connectivity index (χ3n) is 5.02. The molecule has 28 heavy (non-hydrogen) atoms. The average Bonchev–Trinajstić information content (AvgIpc) is 3.10. The van der Waals surface area contributed by atoms with E-state index >= 15 is 0 Å². The number of nitrogens with one attached hydrogen (secondary N) is 1. The molecule has 1 N–H and O–H groups in total. The van der Waals surface area contributed by atoms with Crippen molar-refractivity contribution in [1.82, 2.24) is 14.9 Å². The highest BCUT2D eigenvalue weighted by Crippen LogP contribution is 2.34. The van der Waals surface area contributed by atoms with Crippen molar-refractivity contribution >= 4 is 39.2 Å². The van der Waals surface area contributed by atoms with E-state index < -0.39 is 0 Å². The van der Waals surface area contributed by atoms with Crippen LogP contribution in [0, 0.1) is 0 Å². The van der Waals surface area contributed by atoms with E-state index in [0.29, 0.717) is 18.2 Å². The number of nitrogens with zero attached hydrogens (tertiary/aromatic N) is 2. The lowest BCUT2D eigenvalue weighted by atomic mass is 9.97. The predicted molar refractivity (Wildman–Crippen MR) is 115 cm³/mol. The van der Waals surface area contributed by atoms with E-state index in [1.807, 2.05) is 37.3 Å². The van der Waals surface area contributed by atoms with E-state index in [2.05, 4.69) is 5.32 Å². The number of carbonyl (C=O) groups is 1. The van der Waals surface area contributed by atoms with Crippen LogP contribution < -0.4 is 10.9 Å². The normalized spacial score (nSPS) is 13.5. The summed E-state index contributed by atoms with van der Waals surface area (Å²) in [5, 5.41) is 4.36. The molecular formula is C21H23N3O2S2. The second-order valence-electron chi connectivity index (χ2n) is 6.89. The van der Waals surface area contributed by atoms with Gasteiger partial charge in [-0.05, 0) is 43.7 Å². The van der Waals surface area contributed by atoms with Crippen LogP contribution in [0.3, 0.4) is 0 Å². The molecule has 7 heteroatoms. The van der Waals surface area contributed by atoms with E-state index in [4.69, 9.17) is 4.98 Å². The van der Waals surface area contributed by atoms with Crippen molar-refractivity contribution in [3.8, 4) is 0 Å². The molecule has 146 valence electrons. The smallest absolute Gasteiger partial charge is 0.263 e. The van der Waals surface area contributed by atoms with Gasteiger partial charge < -0.3 is 5.32 Å². The molecule has 0 saturated heterocycles. The molecule has 3 aromatic rings. The lowest BCUT2D eigenvalue weighted by molar-refractivity contribution is -0.118. The van der Waals surface area contributed by atoms with Crippen LogP contribution in [0.4, 0.5) is 0 Å².